The van der Waals surface area contributed by atoms with Crippen LogP contribution in [0, 0.1) is 0 Å². The Hall–Kier alpha value is -3.46. The summed E-state index contributed by atoms with van der Waals surface area (Å²) in [5.74, 6) is -0.680. The van der Waals surface area contributed by atoms with E-state index in [1.807, 2.05) is 36.4 Å². The highest BCUT2D eigenvalue weighted by Gasteiger charge is 2.38. The Morgan fingerprint density at radius 1 is 1.15 bits per heavy atom. The third kappa shape index (κ3) is 4.68. The molecule has 2 amide bonds. The molecule has 1 aromatic heterocycles. The second-order valence-electron chi connectivity index (χ2n) is 8.62. The first kappa shape index (κ1) is 22.7. The van der Waals surface area contributed by atoms with Crippen LogP contribution in [-0.2, 0) is 11.2 Å². The van der Waals surface area contributed by atoms with Crippen LogP contribution in [0.2, 0.25) is 0 Å². The zero-order valence-corrected chi connectivity index (χ0v) is 19.8. The second kappa shape index (κ2) is 8.82. The Kier molecular flexibility index (Phi) is 6.07. The molecule has 0 bridgehead atoms. The van der Waals surface area contributed by atoms with E-state index in [9.17, 15) is 14.7 Å². The van der Waals surface area contributed by atoms with Gasteiger partial charge in [-0.05, 0) is 82.8 Å². The van der Waals surface area contributed by atoms with Gasteiger partial charge in [0.1, 0.15) is 11.8 Å². The maximum atomic E-state index is 13.5. The molecule has 2 heterocycles. The summed E-state index contributed by atoms with van der Waals surface area (Å²) in [5.41, 5.74) is 2.30. The van der Waals surface area contributed by atoms with Crippen LogP contribution in [0.4, 0.5) is 5.69 Å². The summed E-state index contributed by atoms with van der Waals surface area (Å²) in [6.07, 6.45) is 7.17. The molecule has 2 N–H and O–H groups in total. The van der Waals surface area contributed by atoms with Crippen molar-refractivity contribution in [3.05, 3.63) is 65.4 Å². The van der Waals surface area contributed by atoms with Gasteiger partial charge in [-0.1, -0.05) is 6.07 Å². The molecule has 0 saturated carbocycles. The molecule has 1 unspecified atom stereocenters. The van der Waals surface area contributed by atoms with Crippen molar-refractivity contribution in [2.75, 3.05) is 37.7 Å². The number of carbonyl (C=O) groups is 2. The summed E-state index contributed by atoms with van der Waals surface area (Å²) in [7, 11) is 0.709. The number of nitrogens with one attached hydrogen (secondary N) is 1. The third-order valence-electron chi connectivity index (χ3n) is 5.63. The predicted molar refractivity (Wildman–Crippen MR) is 127 cm³/mol. The maximum Gasteiger partial charge on any atom is 0.293 e. The minimum atomic E-state index is -0.882. The SMILES string of the molecule is COc1ccc2c(c1)CCN(C(=O)c1cc(O)no1)C2C(=O)Nc1ccc(S(C)(C)C)cc1. The molecule has 0 aliphatic carbocycles. The van der Waals surface area contributed by atoms with Crippen LogP contribution in [0.5, 0.6) is 11.6 Å². The first-order valence-corrected chi connectivity index (χ1v) is 13.3. The Balaban J connectivity index is 1.67. The Morgan fingerprint density at radius 3 is 2.48 bits per heavy atom. The van der Waals surface area contributed by atoms with Crippen LogP contribution in [0.1, 0.15) is 27.7 Å². The van der Waals surface area contributed by atoms with Crippen molar-refractivity contribution in [3.8, 4) is 11.6 Å². The summed E-state index contributed by atoms with van der Waals surface area (Å²) in [5, 5.41) is 15.8. The largest absolute Gasteiger partial charge is 0.497 e. The lowest BCUT2D eigenvalue weighted by molar-refractivity contribution is -0.121. The molecule has 3 aromatic rings. The maximum absolute atomic E-state index is 13.5. The minimum absolute atomic E-state index is 0.125. The van der Waals surface area contributed by atoms with Crippen molar-refractivity contribution >= 4 is 27.5 Å². The van der Waals surface area contributed by atoms with Crippen molar-refractivity contribution in [3.63, 3.8) is 0 Å². The first-order chi connectivity index (χ1) is 15.7. The number of rotatable bonds is 5. The summed E-state index contributed by atoms with van der Waals surface area (Å²) < 4.78 is 10.3. The fraction of sp³-hybridized carbons (Fsp3) is 0.292. The lowest BCUT2D eigenvalue weighted by Crippen LogP contribution is -2.45. The van der Waals surface area contributed by atoms with Crippen LogP contribution in [0.15, 0.2) is 57.9 Å². The zero-order chi connectivity index (χ0) is 23.8. The molecular formula is C24H27N3O5S. The average molecular weight is 470 g/mol. The van der Waals surface area contributed by atoms with Crippen LogP contribution in [-0.4, -0.2) is 59.4 Å². The first-order valence-electron chi connectivity index (χ1n) is 10.4. The van der Waals surface area contributed by atoms with Gasteiger partial charge in [-0.3, -0.25) is 9.59 Å². The molecule has 0 fully saturated rings. The van der Waals surface area contributed by atoms with Crippen molar-refractivity contribution in [1.29, 1.82) is 0 Å². The number of anilines is 1. The van der Waals surface area contributed by atoms with E-state index in [4.69, 9.17) is 9.26 Å². The molecule has 33 heavy (non-hydrogen) atoms. The quantitative estimate of drug-likeness (QED) is 0.589. The van der Waals surface area contributed by atoms with Gasteiger partial charge in [0, 0.05) is 12.2 Å². The van der Waals surface area contributed by atoms with Crippen molar-refractivity contribution in [2.24, 2.45) is 0 Å². The molecule has 8 nitrogen and oxygen atoms in total. The average Bonchev–Trinajstić information content (AvgIpc) is 3.23. The van der Waals surface area contributed by atoms with Crippen LogP contribution in [0.3, 0.4) is 0 Å². The molecule has 0 spiro atoms. The molecule has 9 heteroatoms. The summed E-state index contributed by atoms with van der Waals surface area (Å²) in [6.45, 7) is 0.296. The highest BCUT2D eigenvalue weighted by atomic mass is 32.3. The van der Waals surface area contributed by atoms with Gasteiger partial charge in [0.25, 0.3) is 17.7 Å². The number of aromatic nitrogens is 1. The normalized spacial score (nSPS) is 16.1. The van der Waals surface area contributed by atoms with Gasteiger partial charge in [0.05, 0.1) is 13.2 Å². The molecule has 1 aliphatic rings. The van der Waals surface area contributed by atoms with Gasteiger partial charge in [-0.15, -0.1) is 0 Å². The van der Waals surface area contributed by atoms with Gasteiger partial charge in [0.2, 0.25) is 5.76 Å². The van der Waals surface area contributed by atoms with E-state index in [2.05, 4.69) is 29.2 Å². The molecule has 174 valence electrons. The fourth-order valence-electron chi connectivity index (χ4n) is 3.90. The highest BCUT2D eigenvalue weighted by molar-refractivity contribution is 8.32. The number of hydrogen-bond acceptors (Lipinski definition) is 6. The van der Waals surface area contributed by atoms with Gasteiger partial charge in [-0.2, -0.15) is 0 Å². The fourth-order valence-corrected chi connectivity index (χ4v) is 4.85. The van der Waals surface area contributed by atoms with Crippen LogP contribution >= 0.6 is 10.0 Å². The van der Waals surface area contributed by atoms with Gasteiger partial charge < -0.3 is 24.6 Å². The highest BCUT2D eigenvalue weighted by Crippen LogP contribution is 2.45. The molecule has 1 atom stereocenters. The summed E-state index contributed by atoms with van der Waals surface area (Å²) in [4.78, 5) is 29.3. The number of ether oxygens (including phenoxy) is 1. The monoisotopic (exact) mass is 469 g/mol. The molecule has 0 saturated heterocycles. The van der Waals surface area contributed by atoms with E-state index in [0.29, 0.717) is 30.0 Å². The lowest BCUT2D eigenvalue weighted by atomic mass is 9.91. The number of methoxy groups -OCH3 is 1. The Labute approximate surface area is 193 Å². The van der Waals surface area contributed by atoms with E-state index >= 15 is 0 Å². The van der Waals surface area contributed by atoms with E-state index in [1.54, 1.807) is 13.2 Å². The number of nitrogens with zero attached hydrogens (tertiary/aromatic N) is 2. The van der Waals surface area contributed by atoms with Gasteiger partial charge >= 0.3 is 0 Å². The number of carbonyl (C=O) groups excluding carboxylic acids is 2. The van der Waals surface area contributed by atoms with E-state index in [-0.39, 0.29) is 17.5 Å². The number of hydrogen-bond donors (Lipinski definition) is 2. The van der Waals surface area contributed by atoms with Gasteiger partial charge in [-0.25, -0.2) is 10.0 Å². The molecular weight excluding hydrogens is 442 g/mol. The summed E-state index contributed by atoms with van der Waals surface area (Å²) in [6, 6.07) is 13.5. The van der Waals surface area contributed by atoms with E-state index < -0.39 is 22.0 Å². The molecule has 1 aliphatic heterocycles. The number of aromatic hydroxyl groups is 1. The second-order valence-corrected chi connectivity index (χ2v) is 12.8. The standard InChI is InChI=1S/C24H27N3O5S/c1-31-17-7-10-19-15(13-17)11-12-27(24(30)20-14-21(28)26-32-20)22(19)23(29)25-16-5-8-18(9-6-16)33(2,3)4/h5-10,13-14,22H,11-12H2,1-4H3,(H,25,29)(H,26,28). The van der Waals surface area contributed by atoms with Crippen molar-refractivity contribution in [2.45, 2.75) is 17.4 Å². The zero-order valence-electron chi connectivity index (χ0n) is 19.0. The number of fused-ring (bicyclic) bond motifs is 1. The molecule has 0 radical (unpaired) electrons. The summed E-state index contributed by atoms with van der Waals surface area (Å²) >= 11 is 0. The Bertz CT molecular complexity index is 1180. The topological polar surface area (TPSA) is 105 Å². The van der Waals surface area contributed by atoms with Gasteiger partial charge in [0.15, 0.2) is 0 Å². The predicted octanol–water partition coefficient (Wildman–Crippen LogP) is 3.82. The lowest BCUT2D eigenvalue weighted by Gasteiger charge is -2.36. The van der Waals surface area contributed by atoms with Crippen LogP contribution < -0.4 is 10.1 Å². The van der Waals surface area contributed by atoms with Crippen molar-refractivity contribution < 1.29 is 24.0 Å². The third-order valence-corrected chi connectivity index (χ3v) is 7.31. The Morgan fingerprint density at radius 2 is 1.88 bits per heavy atom. The van der Waals surface area contributed by atoms with E-state index in [0.717, 1.165) is 11.6 Å². The molecule has 4 rings (SSSR count). The smallest absolute Gasteiger partial charge is 0.293 e. The number of benzene rings is 2. The number of amides is 2. The van der Waals surface area contributed by atoms with Crippen LogP contribution in [0.25, 0.3) is 0 Å². The van der Waals surface area contributed by atoms with Crippen molar-refractivity contribution in [1.82, 2.24) is 10.1 Å². The minimum Gasteiger partial charge on any atom is -0.497 e. The van der Waals surface area contributed by atoms with E-state index in [1.165, 1.54) is 9.80 Å². The molecule has 2 aromatic carbocycles.